The highest BCUT2D eigenvalue weighted by atomic mass is 32.2. The van der Waals surface area contributed by atoms with Crippen molar-refractivity contribution in [3.63, 3.8) is 0 Å². The van der Waals surface area contributed by atoms with Crippen molar-refractivity contribution in [2.24, 2.45) is 0 Å². The number of halogens is 3. The molecular formula is C33H30F3N3O5S. The molecule has 0 atom stereocenters. The Labute approximate surface area is 258 Å². The van der Waals surface area contributed by atoms with Gasteiger partial charge in [0.15, 0.2) is 0 Å². The van der Waals surface area contributed by atoms with Gasteiger partial charge in [-0.15, -0.1) is 0 Å². The minimum Gasteiger partial charge on any atom is -0.481 e. The van der Waals surface area contributed by atoms with Crippen LogP contribution in [0.5, 0.6) is 0 Å². The Kier molecular flexibility index (Phi) is 8.32. The number of sulfonamides is 1. The van der Waals surface area contributed by atoms with Crippen LogP contribution in [-0.4, -0.2) is 33.8 Å². The summed E-state index contributed by atoms with van der Waals surface area (Å²) < 4.78 is 74.7. The normalized spacial score (nSPS) is 12.6. The fourth-order valence-corrected chi connectivity index (χ4v) is 6.76. The Morgan fingerprint density at radius 1 is 0.933 bits per heavy atom. The minimum atomic E-state index is -4.73. The molecule has 0 fully saturated rings. The average molecular weight is 638 g/mol. The van der Waals surface area contributed by atoms with E-state index < -0.39 is 39.9 Å². The van der Waals surface area contributed by atoms with Crippen LogP contribution in [0.1, 0.15) is 47.8 Å². The van der Waals surface area contributed by atoms with Crippen LogP contribution in [0, 0.1) is 13.8 Å². The van der Waals surface area contributed by atoms with Crippen LogP contribution in [0.2, 0.25) is 0 Å². The number of carbonyl (C=O) groups is 1. The van der Waals surface area contributed by atoms with Crippen LogP contribution in [0.25, 0.3) is 22.2 Å². The molecule has 12 heteroatoms. The third-order valence-electron chi connectivity index (χ3n) is 7.81. The topological polar surface area (TPSA) is 114 Å². The van der Waals surface area contributed by atoms with Crippen molar-refractivity contribution < 1.29 is 35.9 Å². The molecule has 5 aromatic rings. The molecule has 3 aromatic heterocycles. The highest BCUT2D eigenvalue weighted by Gasteiger charge is 2.36. The molecule has 0 saturated carbocycles. The van der Waals surface area contributed by atoms with Gasteiger partial charge in [-0.1, -0.05) is 48.5 Å². The second-order valence-corrected chi connectivity index (χ2v) is 13.1. The Bertz CT molecular complexity index is 2000. The predicted octanol–water partition coefficient (Wildman–Crippen LogP) is 7.28. The molecule has 3 heterocycles. The number of furan rings is 1. The molecule has 0 radical (unpaired) electrons. The van der Waals surface area contributed by atoms with Gasteiger partial charge < -0.3 is 9.52 Å². The van der Waals surface area contributed by atoms with E-state index >= 15 is 0 Å². The number of carboxylic acids is 1. The van der Waals surface area contributed by atoms with Crippen molar-refractivity contribution in [1.29, 1.82) is 0 Å². The van der Waals surface area contributed by atoms with Crippen LogP contribution in [0.3, 0.4) is 0 Å². The molecule has 0 aliphatic carbocycles. The smallest absolute Gasteiger partial charge is 0.449 e. The maximum atomic E-state index is 14.4. The zero-order valence-corrected chi connectivity index (χ0v) is 25.7. The third-order valence-corrected chi connectivity index (χ3v) is 9.76. The highest BCUT2D eigenvalue weighted by molar-refractivity contribution is 7.89. The maximum Gasteiger partial charge on any atom is 0.449 e. The summed E-state index contributed by atoms with van der Waals surface area (Å²) in [6.45, 7) is 5.87. The van der Waals surface area contributed by atoms with Gasteiger partial charge in [-0.3, -0.25) is 14.8 Å². The predicted molar refractivity (Wildman–Crippen MR) is 162 cm³/mol. The number of carboxylic acid groups (broad SMARTS) is 1. The summed E-state index contributed by atoms with van der Waals surface area (Å²) in [7, 11) is -4.36. The van der Waals surface area contributed by atoms with E-state index in [1.807, 2.05) is 6.07 Å². The van der Waals surface area contributed by atoms with Gasteiger partial charge >= 0.3 is 12.1 Å². The van der Waals surface area contributed by atoms with Gasteiger partial charge in [-0.25, -0.2) is 8.42 Å². The first kappa shape index (κ1) is 31.9. The van der Waals surface area contributed by atoms with Crippen molar-refractivity contribution in [1.82, 2.24) is 14.3 Å². The van der Waals surface area contributed by atoms with E-state index in [4.69, 9.17) is 4.42 Å². The zero-order valence-electron chi connectivity index (χ0n) is 24.9. The molecule has 2 aromatic carbocycles. The molecule has 0 bridgehead atoms. The van der Waals surface area contributed by atoms with E-state index in [0.29, 0.717) is 27.9 Å². The number of aromatic nitrogens is 2. The summed E-state index contributed by atoms with van der Waals surface area (Å²) in [6.07, 6.45) is -3.27. The summed E-state index contributed by atoms with van der Waals surface area (Å²) >= 11 is 0. The molecule has 0 spiro atoms. The molecule has 0 amide bonds. The van der Waals surface area contributed by atoms with Gasteiger partial charge in [0.1, 0.15) is 16.2 Å². The number of aliphatic carboxylic acids is 1. The lowest BCUT2D eigenvalue weighted by Crippen LogP contribution is -2.31. The van der Waals surface area contributed by atoms with Crippen LogP contribution < -0.4 is 0 Å². The first-order valence-corrected chi connectivity index (χ1v) is 15.3. The quantitative estimate of drug-likeness (QED) is 0.181. The second kappa shape index (κ2) is 11.8. The Morgan fingerprint density at radius 3 is 2.29 bits per heavy atom. The number of benzene rings is 2. The molecular weight excluding hydrogens is 607 g/mol. The molecule has 8 nitrogen and oxygen atoms in total. The summed E-state index contributed by atoms with van der Waals surface area (Å²) in [5.41, 5.74) is 2.99. The third kappa shape index (κ3) is 6.34. The van der Waals surface area contributed by atoms with Gasteiger partial charge in [0, 0.05) is 18.4 Å². The van der Waals surface area contributed by atoms with E-state index in [1.54, 1.807) is 82.3 Å². The lowest BCUT2D eigenvalue weighted by molar-refractivity contribution is -0.153. The van der Waals surface area contributed by atoms with Crippen molar-refractivity contribution >= 4 is 27.0 Å². The van der Waals surface area contributed by atoms with Crippen molar-refractivity contribution in [2.45, 2.75) is 57.3 Å². The summed E-state index contributed by atoms with van der Waals surface area (Å²) in [4.78, 5) is 20.4. The summed E-state index contributed by atoms with van der Waals surface area (Å²) in [5, 5.41) is 9.64. The molecule has 5 rings (SSSR count). The van der Waals surface area contributed by atoms with Gasteiger partial charge in [-0.2, -0.15) is 17.5 Å². The SMILES string of the molecule is Cc1nc2cccnc2c(S(=O)(=O)N(Cc2ccc(-c3cccc(C(C)(C)C(=O)O)c3)cc2)Cc2ccc(C(F)(F)F)o2)c1C. The van der Waals surface area contributed by atoms with Crippen LogP contribution in [0.4, 0.5) is 13.2 Å². The minimum absolute atomic E-state index is 0.0809. The lowest BCUT2D eigenvalue weighted by Gasteiger charge is -2.24. The van der Waals surface area contributed by atoms with E-state index in [1.165, 1.54) is 6.20 Å². The lowest BCUT2D eigenvalue weighted by atomic mass is 9.83. The van der Waals surface area contributed by atoms with Crippen LogP contribution >= 0.6 is 0 Å². The number of hydrogen-bond donors (Lipinski definition) is 1. The van der Waals surface area contributed by atoms with Crippen LogP contribution in [-0.2, 0) is 39.5 Å². The number of nitrogens with zero attached hydrogens (tertiary/aromatic N) is 3. The summed E-state index contributed by atoms with van der Waals surface area (Å²) in [5.74, 6) is -2.37. The van der Waals surface area contributed by atoms with E-state index in [-0.39, 0.29) is 22.7 Å². The van der Waals surface area contributed by atoms with E-state index in [9.17, 15) is 31.5 Å². The molecule has 45 heavy (non-hydrogen) atoms. The molecule has 1 N–H and O–H groups in total. The molecule has 0 unspecified atom stereocenters. The Hall–Kier alpha value is -4.55. The summed E-state index contributed by atoms with van der Waals surface area (Å²) in [6, 6.07) is 19.3. The Morgan fingerprint density at radius 2 is 1.64 bits per heavy atom. The highest BCUT2D eigenvalue weighted by Crippen LogP contribution is 2.34. The van der Waals surface area contributed by atoms with Crippen molar-refractivity contribution in [3.8, 4) is 11.1 Å². The van der Waals surface area contributed by atoms with Gasteiger partial charge in [-0.05, 0) is 79.8 Å². The first-order chi connectivity index (χ1) is 21.1. The Balaban J connectivity index is 1.54. The molecule has 0 saturated heterocycles. The number of fused-ring (bicyclic) bond motifs is 1. The van der Waals surface area contributed by atoms with Crippen LogP contribution in [0.15, 0.2) is 88.3 Å². The number of aryl methyl sites for hydroxylation is 1. The standard InChI is InChI=1S/C33H30F3N3O5S/c1-20-21(2)38-27-9-6-16-37-29(27)30(20)45(42,43)39(19-26-14-15-28(44-26)33(34,35)36)18-22-10-12-23(13-11-22)24-7-5-8-25(17-24)32(3,4)31(40)41/h5-17H,18-19H2,1-4H3,(H,40,41). The zero-order chi connectivity index (χ0) is 32.7. The fraction of sp³-hybridized carbons (Fsp3) is 0.242. The van der Waals surface area contributed by atoms with E-state index in [0.717, 1.165) is 27.6 Å². The van der Waals surface area contributed by atoms with Crippen molar-refractivity contribution in [3.05, 3.63) is 113 Å². The largest absolute Gasteiger partial charge is 0.481 e. The number of alkyl halides is 3. The molecule has 0 aliphatic rings. The second-order valence-electron chi connectivity index (χ2n) is 11.3. The maximum absolute atomic E-state index is 14.4. The number of pyridine rings is 2. The molecule has 234 valence electrons. The first-order valence-electron chi connectivity index (χ1n) is 13.9. The molecule has 0 aliphatic heterocycles. The van der Waals surface area contributed by atoms with Gasteiger partial charge in [0.05, 0.1) is 17.5 Å². The fourth-order valence-electron chi connectivity index (χ4n) is 4.95. The number of hydrogen-bond acceptors (Lipinski definition) is 6. The van der Waals surface area contributed by atoms with Gasteiger partial charge in [0.25, 0.3) is 0 Å². The van der Waals surface area contributed by atoms with Crippen molar-refractivity contribution in [2.75, 3.05) is 0 Å². The monoisotopic (exact) mass is 637 g/mol. The van der Waals surface area contributed by atoms with E-state index in [2.05, 4.69) is 9.97 Å². The van der Waals surface area contributed by atoms with Gasteiger partial charge in [0.2, 0.25) is 15.8 Å². The average Bonchev–Trinajstić information content (AvgIpc) is 3.47. The number of rotatable bonds is 9.